The summed E-state index contributed by atoms with van der Waals surface area (Å²) in [5.41, 5.74) is 2.90. The van der Waals surface area contributed by atoms with Crippen LogP contribution in [0.5, 0.6) is 0 Å². The molecule has 7 nitrogen and oxygen atoms in total. The smallest absolute Gasteiger partial charge is 0.255 e. The van der Waals surface area contributed by atoms with Gasteiger partial charge in [0.1, 0.15) is 0 Å². The Morgan fingerprint density at radius 3 is 2.70 bits per heavy atom. The molecule has 0 radical (unpaired) electrons. The lowest BCUT2D eigenvalue weighted by atomic mass is 9.73. The normalized spacial score (nSPS) is 19.9. The van der Waals surface area contributed by atoms with Crippen LogP contribution in [0.4, 0.5) is 11.6 Å². The van der Waals surface area contributed by atoms with E-state index in [0.717, 1.165) is 48.2 Å². The van der Waals surface area contributed by atoms with Crippen molar-refractivity contribution in [3.63, 3.8) is 0 Å². The number of fused-ring (bicyclic) bond motifs is 3. The molecule has 5 rings (SSSR count). The lowest BCUT2D eigenvalue weighted by molar-refractivity contribution is -0.124. The maximum Gasteiger partial charge on any atom is 0.255 e. The molecule has 1 aromatic heterocycles. The van der Waals surface area contributed by atoms with Gasteiger partial charge in [-0.15, -0.1) is 0 Å². The first-order chi connectivity index (χ1) is 14.5. The van der Waals surface area contributed by atoms with Crippen molar-refractivity contribution in [2.75, 3.05) is 36.0 Å². The number of piperidine rings is 1. The van der Waals surface area contributed by atoms with Crippen molar-refractivity contribution in [1.29, 1.82) is 0 Å². The van der Waals surface area contributed by atoms with Crippen molar-refractivity contribution >= 4 is 29.1 Å². The number of benzene rings is 1. The summed E-state index contributed by atoms with van der Waals surface area (Å²) < 4.78 is 0. The Hall–Kier alpha value is -2.38. The van der Waals surface area contributed by atoms with Crippen LogP contribution in [0, 0.1) is 0 Å². The molecule has 3 heterocycles. The zero-order valence-corrected chi connectivity index (χ0v) is 17.5. The average molecular weight is 429 g/mol. The summed E-state index contributed by atoms with van der Waals surface area (Å²) in [4.78, 5) is 37.4. The van der Waals surface area contributed by atoms with Crippen LogP contribution in [0.2, 0.25) is 5.02 Å². The average Bonchev–Trinajstić information content (AvgIpc) is 2.97. The van der Waals surface area contributed by atoms with Crippen molar-refractivity contribution in [3.8, 4) is 0 Å². The van der Waals surface area contributed by atoms with Gasteiger partial charge in [0.25, 0.3) is 5.56 Å². The second-order valence-corrected chi connectivity index (χ2v) is 8.87. The van der Waals surface area contributed by atoms with Crippen LogP contribution in [-0.2, 0) is 23.1 Å². The Labute approximate surface area is 179 Å². The predicted molar refractivity (Wildman–Crippen MR) is 116 cm³/mol. The van der Waals surface area contributed by atoms with Gasteiger partial charge in [-0.3, -0.25) is 14.6 Å². The molecule has 2 N–H and O–H groups in total. The number of amides is 1. The number of carbonyl (C=O) groups is 1. The number of aliphatic hydroxyl groups is 1. The Morgan fingerprint density at radius 2 is 1.93 bits per heavy atom. The van der Waals surface area contributed by atoms with Crippen LogP contribution in [0.15, 0.2) is 23.0 Å². The van der Waals surface area contributed by atoms with Gasteiger partial charge in [-0.1, -0.05) is 17.7 Å². The molecule has 1 saturated heterocycles. The van der Waals surface area contributed by atoms with Gasteiger partial charge in [-0.25, -0.2) is 4.98 Å². The van der Waals surface area contributed by atoms with Crippen molar-refractivity contribution < 1.29 is 9.90 Å². The number of aryl methyl sites for hydroxylation is 1. The molecule has 30 heavy (non-hydrogen) atoms. The first-order valence-electron chi connectivity index (χ1n) is 10.6. The zero-order chi connectivity index (χ0) is 20.9. The summed E-state index contributed by atoms with van der Waals surface area (Å²) >= 11 is 6.19. The highest BCUT2D eigenvalue weighted by molar-refractivity contribution is 6.31. The molecule has 0 atom stereocenters. The summed E-state index contributed by atoms with van der Waals surface area (Å²) in [7, 11) is 0. The second kappa shape index (κ2) is 7.39. The third-order valence-electron chi connectivity index (χ3n) is 6.84. The predicted octanol–water partition coefficient (Wildman–Crippen LogP) is 2.18. The minimum Gasteiger partial charge on any atom is -0.395 e. The molecular weight excluding hydrogens is 404 g/mol. The fourth-order valence-electron chi connectivity index (χ4n) is 5.26. The van der Waals surface area contributed by atoms with Gasteiger partial charge in [0.05, 0.1) is 17.7 Å². The number of rotatable bonds is 3. The monoisotopic (exact) mass is 428 g/mol. The van der Waals surface area contributed by atoms with Crippen LogP contribution in [-0.4, -0.2) is 47.2 Å². The van der Waals surface area contributed by atoms with E-state index in [1.54, 1.807) is 4.90 Å². The van der Waals surface area contributed by atoms with Gasteiger partial charge in [0.15, 0.2) is 0 Å². The molecule has 0 unspecified atom stereocenters. The third-order valence-corrected chi connectivity index (χ3v) is 7.07. The van der Waals surface area contributed by atoms with E-state index in [9.17, 15) is 14.7 Å². The van der Waals surface area contributed by atoms with E-state index in [1.807, 2.05) is 18.2 Å². The van der Waals surface area contributed by atoms with Gasteiger partial charge < -0.3 is 14.9 Å². The van der Waals surface area contributed by atoms with E-state index < -0.39 is 5.41 Å². The highest BCUT2D eigenvalue weighted by atomic mass is 35.5. The summed E-state index contributed by atoms with van der Waals surface area (Å²) in [6.07, 6.45) is 5.02. The number of anilines is 2. The first kappa shape index (κ1) is 19.6. The van der Waals surface area contributed by atoms with Crippen LogP contribution < -0.4 is 15.4 Å². The molecule has 158 valence electrons. The van der Waals surface area contributed by atoms with Crippen molar-refractivity contribution in [2.24, 2.45) is 0 Å². The molecule has 0 bridgehead atoms. The second-order valence-electron chi connectivity index (χ2n) is 8.43. The minimum absolute atomic E-state index is 0.0268. The molecule has 1 aromatic carbocycles. The molecule has 1 spiro atoms. The number of hydrogen-bond donors (Lipinski definition) is 2. The SMILES string of the molecule is O=C1N(CCO)c2cc(Cl)ccc2C12CCN(c1nc3c(c(=O)[nH]1)CCCC3)CC2. The number of halogens is 1. The number of nitrogens with zero attached hydrogens (tertiary/aromatic N) is 3. The molecule has 1 amide bonds. The Balaban J connectivity index is 1.44. The summed E-state index contributed by atoms with van der Waals surface area (Å²) in [6.45, 7) is 1.42. The van der Waals surface area contributed by atoms with Gasteiger partial charge in [-0.05, 0) is 56.2 Å². The van der Waals surface area contributed by atoms with E-state index in [2.05, 4.69) is 9.88 Å². The number of nitrogens with one attached hydrogen (secondary N) is 1. The molecule has 0 saturated carbocycles. The van der Waals surface area contributed by atoms with Crippen LogP contribution in [0.25, 0.3) is 0 Å². The van der Waals surface area contributed by atoms with Crippen LogP contribution in [0.3, 0.4) is 0 Å². The fraction of sp³-hybridized carbons (Fsp3) is 0.500. The topological polar surface area (TPSA) is 89.5 Å². The lowest BCUT2D eigenvalue weighted by Crippen LogP contribution is -2.49. The molecule has 2 aromatic rings. The highest BCUT2D eigenvalue weighted by Gasteiger charge is 2.52. The maximum absolute atomic E-state index is 13.4. The number of aromatic amines is 1. The van der Waals surface area contributed by atoms with Gasteiger partial charge >= 0.3 is 0 Å². The Morgan fingerprint density at radius 1 is 1.17 bits per heavy atom. The van der Waals surface area contributed by atoms with Gasteiger partial charge in [-0.2, -0.15) is 0 Å². The third kappa shape index (κ3) is 2.94. The first-order valence-corrected chi connectivity index (χ1v) is 11.0. The number of H-pyrrole nitrogens is 1. The quantitative estimate of drug-likeness (QED) is 0.782. The van der Waals surface area contributed by atoms with Crippen molar-refractivity contribution in [1.82, 2.24) is 9.97 Å². The molecular formula is C22H25ClN4O3. The van der Waals surface area contributed by atoms with Gasteiger partial charge in [0, 0.05) is 35.9 Å². The van der Waals surface area contributed by atoms with E-state index in [4.69, 9.17) is 16.6 Å². The van der Waals surface area contributed by atoms with E-state index >= 15 is 0 Å². The number of carbonyl (C=O) groups excluding carboxylic acids is 1. The summed E-state index contributed by atoms with van der Waals surface area (Å²) in [5, 5.41) is 10.0. The maximum atomic E-state index is 13.4. The number of aliphatic hydroxyl groups excluding tert-OH is 1. The Bertz CT molecular complexity index is 1060. The van der Waals surface area contributed by atoms with Crippen molar-refractivity contribution in [3.05, 3.63) is 50.4 Å². The van der Waals surface area contributed by atoms with Crippen LogP contribution >= 0.6 is 11.6 Å². The van der Waals surface area contributed by atoms with Crippen LogP contribution in [0.1, 0.15) is 42.5 Å². The lowest BCUT2D eigenvalue weighted by Gasteiger charge is -2.39. The number of aromatic nitrogens is 2. The zero-order valence-electron chi connectivity index (χ0n) is 16.8. The van der Waals surface area contributed by atoms with Gasteiger partial charge in [0.2, 0.25) is 11.9 Å². The minimum atomic E-state index is -0.611. The standard InChI is InChI=1S/C22H25ClN4O3/c23-14-5-6-16-18(13-14)27(11-12-28)20(30)22(16)7-9-26(10-8-22)21-24-17-4-2-1-3-15(17)19(29)25-21/h5-6,13,28H,1-4,7-12H2,(H,24,25,29). The number of β-amino-alcohol motifs (C(OH)–C–C–N with tert-alkyl or cyclic N) is 1. The van der Waals surface area contributed by atoms with E-state index in [1.165, 1.54) is 0 Å². The molecule has 2 aliphatic heterocycles. The van der Waals surface area contributed by atoms with Crippen molar-refractivity contribution in [2.45, 2.75) is 43.9 Å². The largest absolute Gasteiger partial charge is 0.395 e. The van der Waals surface area contributed by atoms with E-state index in [0.29, 0.717) is 36.9 Å². The summed E-state index contributed by atoms with van der Waals surface area (Å²) in [6, 6.07) is 5.59. The fourth-order valence-corrected chi connectivity index (χ4v) is 5.43. The summed E-state index contributed by atoms with van der Waals surface area (Å²) in [5.74, 6) is 0.643. The molecule has 8 heteroatoms. The highest BCUT2D eigenvalue weighted by Crippen LogP contribution is 2.48. The number of hydrogen-bond acceptors (Lipinski definition) is 5. The molecule has 1 fully saturated rings. The molecule has 1 aliphatic carbocycles. The Kier molecular flexibility index (Phi) is 4.82. The molecule has 3 aliphatic rings. The van der Waals surface area contributed by atoms with E-state index in [-0.39, 0.29) is 24.6 Å².